The highest BCUT2D eigenvalue weighted by Gasteiger charge is 2.28. The van der Waals surface area contributed by atoms with E-state index in [0.29, 0.717) is 19.6 Å². The van der Waals surface area contributed by atoms with Crippen molar-refractivity contribution in [2.45, 2.75) is 44.9 Å². The van der Waals surface area contributed by atoms with E-state index in [1.807, 2.05) is 18.7 Å². The Balaban J connectivity index is 1.73. The molecule has 7 nitrogen and oxygen atoms in total. The maximum Gasteiger partial charge on any atom is 0.317 e. The maximum absolute atomic E-state index is 12.3. The molecule has 126 valence electrons. The number of piperidine rings is 1. The van der Waals surface area contributed by atoms with E-state index in [1.54, 1.807) is 7.05 Å². The smallest absolute Gasteiger partial charge is 0.317 e. The van der Waals surface area contributed by atoms with Gasteiger partial charge in [-0.05, 0) is 26.7 Å². The molecule has 2 aliphatic rings. The molecule has 2 atom stereocenters. The van der Waals surface area contributed by atoms with Gasteiger partial charge < -0.3 is 20.3 Å². The number of morpholine rings is 1. The normalized spacial score (nSPS) is 27.5. The molecule has 2 fully saturated rings. The van der Waals surface area contributed by atoms with E-state index in [-0.39, 0.29) is 30.2 Å². The second-order valence-electron chi connectivity index (χ2n) is 6.34. The van der Waals surface area contributed by atoms with Crippen molar-refractivity contribution < 1.29 is 14.3 Å². The fraction of sp³-hybridized carbons (Fsp3) is 0.867. The van der Waals surface area contributed by atoms with Crippen molar-refractivity contribution in [1.29, 1.82) is 0 Å². The Morgan fingerprint density at radius 3 is 2.27 bits per heavy atom. The van der Waals surface area contributed by atoms with Crippen LogP contribution >= 0.6 is 0 Å². The van der Waals surface area contributed by atoms with Crippen LogP contribution in [0.2, 0.25) is 0 Å². The third-order valence-corrected chi connectivity index (χ3v) is 4.27. The first-order valence-electron chi connectivity index (χ1n) is 8.11. The van der Waals surface area contributed by atoms with Crippen molar-refractivity contribution in [3.05, 3.63) is 0 Å². The van der Waals surface area contributed by atoms with Gasteiger partial charge in [-0.2, -0.15) is 0 Å². The number of urea groups is 1. The molecular formula is C15H28N4O3. The summed E-state index contributed by atoms with van der Waals surface area (Å²) in [6.07, 6.45) is 1.95. The van der Waals surface area contributed by atoms with Gasteiger partial charge in [0, 0.05) is 39.3 Å². The van der Waals surface area contributed by atoms with Crippen LogP contribution in [0, 0.1) is 0 Å². The summed E-state index contributed by atoms with van der Waals surface area (Å²) in [5, 5.41) is 5.76. The highest BCUT2D eigenvalue weighted by molar-refractivity contribution is 5.77. The molecule has 0 spiro atoms. The van der Waals surface area contributed by atoms with Crippen LogP contribution in [-0.4, -0.2) is 79.8 Å². The third kappa shape index (κ3) is 4.84. The average molecular weight is 312 g/mol. The first kappa shape index (κ1) is 17.0. The molecule has 0 bridgehead atoms. The minimum atomic E-state index is 0.00625. The van der Waals surface area contributed by atoms with Crippen LogP contribution in [-0.2, 0) is 9.53 Å². The number of rotatable bonds is 3. The zero-order valence-corrected chi connectivity index (χ0v) is 13.8. The summed E-state index contributed by atoms with van der Waals surface area (Å²) in [4.78, 5) is 27.7. The fourth-order valence-electron chi connectivity index (χ4n) is 3.13. The van der Waals surface area contributed by atoms with Crippen molar-refractivity contribution in [3.8, 4) is 0 Å². The zero-order valence-electron chi connectivity index (χ0n) is 13.8. The molecule has 2 aliphatic heterocycles. The van der Waals surface area contributed by atoms with E-state index in [4.69, 9.17) is 4.74 Å². The van der Waals surface area contributed by atoms with Crippen molar-refractivity contribution >= 4 is 11.9 Å². The monoisotopic (exact) mass is 312 g/mol. The van der Waals surface area contributed by atoms with E-state index in [1.165, 1.54) is 0 Å². The summed E-state index contributed by atoms with van der Waals surface area (Å²) in [6.45, 7) is 7.40. The van der Waals surface area contributed by atoms with Crippen LogP contribution in [0.5, 0.6) is 0 Å². The molecular weight excluding hydrogens is 284 g/mol. The molecule has 7 heteroatoms. The molecule has 0 aliphatic carbocycles. The highest BCUT2D eigenvalue weighted by Crippen LogP contribution is 2.13. The number of nitrogens with one attached hydrogen (secondary N) is 2. The second kappa shape index (κ2) is 7.78. The lowest BCUT2D eigenvalue weighted by Gasteiger charge is -2.37. The summed E-state index contributed by atoms with van der Waals surface area (Å²) in [7, 11) is 1.65. The molecule has 0 radical (unpaired) electrons. The van der Waals surface area contributed by atoms with Gasteiger partial charge in [-0.25, -0.2) is 4.79 Å². The molecule has 0 saturated carbocycles. The standard InChI is InChI=1S/C15H28N4O3/c1-11-8-19(9-12(2)22-11)15(21)17-13-4-6-18(7-5-13)10-14(20)16-3/h11-13H,4-10H2,1-3H3,(H,16,20)(H,17,21). The predicted molar refractivity (Wildman–Crippen MR) is 83.6 cm³/mol. The van der Waals surface area contributed by atoms with Crippen LogP contribution in [0.4, 0.5) is 4.79 Å². The lowest BCUT2D eigenvalue weighted by atomic mass is 10.1. The van der Waals surface area contributed by atoms with Crippen molar-refractivity contribution in [3.63, 3.8) is 0 Å². The largest absolute Gasteiger partial charge is 0.372 e. The van der Waals surface area contributed by atoms with Crippen molar-refractivity contribution in [1.82, 2.24) is 20.4 Å². The quantitative estimate of drug-likeness (QED) is 0.770. The van der Waals surface area contributed by atoms with Crippen molar-refractivity contribution in [2.75, 3.05) is 39.8 Å². The van der Waals surface area contributed by atoms with E-state index in [2.05, 4.69) is 15.5 Å². The summed E-state index contributed by atoms with van der Waals surface area (Å²) in [5.74, 6) is 0.0405. The molecule has 0 aromatic heterocycles. The summed E-state index contributed by atoms with van der Waals surface area (Å²) >= 11 is 0. The zero-order chi connectivity index (χ0) is 16.1. The van der Waals surface area contributed by atoms with Crippen molar-refractivity contribution in [2.24, 2.45) is 0 Å². The van der Waals surface area contributed by atoms with Crippen LogP contribution < -0.4 is 10.6 Å². The Morgan fingerprint density at radius 1 is 1.14 bits per heavy atom. The number of amides is 3. The van der Waals surface area contributed by atoms with Crippen LogP contribution in [0.25, 0.3) is 0 Å². The topological polar surface area (TPSA) is 73.9 Å². The van der Waals surface area contributed by atoms with Gasteiger partial charge >= 0.3 is 6.03 Å². The number of ether oxygens (including phenoxy) is 1. The molecule has 3 amide bonds. The number of likely N-dealkylation sites (tertiary alicyclic amines) is 1. The molecule has 0 aromatic carbocycles. The van der Waals surface area contributed by atoms with Gasteiger partial charge in [0.25, 0.3) is 0 Å². The van der Waals surface area contributed by atoms with Gasteiger partial charge in [0.05, 0.1) is 18.8 Å². The van der Waals surface area contributed by atoms with E-state index >= 15 is 0 Å². The van der Waals surface area contributed by atoms with Crippen LogP contribution in [0.15, 0.2) is 0 Å². The Morgan fingerprint density at radius 2 is 1.73 bits per heavy atom. The first-order chi connectivity index (χ1) is 10.5. The van der Waals surface area contributed by atoms with Gasteiger partial charge in [-0.3, -0.25) is 9.69 Å². The lowest BCUT2D eigenvalue weighted by Crippen LogP contribution is -2.55. The lowest BCUT2D eigenvalue weighted by molar-refractivity contribution is -0.122. The molecule has 2 unspecified atom stereocenters. The number of likely N-dealkylation sites (N-methyl/N-ethyl adjacent to an activating group) is 1. The maximum atomic E-state index is 12.3. The van der Waals surface area contributed by atoms with Gasteiger partial charge in [-0.1, -0.05) is 0 Å². The first-order valence-corrected chi connectivity index (χ1v) is 8.11. The second-order valence-corrected chi connectivity index (χ2v) is 6.34. The number of nitrogens with zero attached hydrogens (tertiary/aromatic N) is 2. The van der Waals surface area contributed by atoms with Gasteiger partial charge in [0.1, 0.15) is 0 Å². The van der Waals surface area contributed by atoms with E-state index in [9.17, 15) is 9.59 Å². The average Bonchev–Trinajstić information content (AvgIpc) is 2.48. The van der Waals surface area contributed by atoms with Gasteiger partial charge in [0.2, 0.25) is 5.91 Å². The third-order valence-electron chi connectivity index (χ3n) is 4.27. The minimum absolute atomic E-state index is 0.00625. The van der Waals surface area contributed by atoms with Crippen LogP contribution in [0.3, 0.4) is 0 Å². The molecule has 22 heavy (non-hydrogen) atoms. The number of carbonyl (C=O) groups is 2. The Hall–Kier alpha value is -1.34. The molecule has 2 heterocycles. The van der Waals surface area contributed by atoms with E-state index in [0.717, 1.165) is 25.9 Å². The molecule has 2 rings (SSSR count). The Labute approximate surface area is 132 Å². The van der Waals surface area contributed by atoms with Crippen LogP contribution in [0.1, 0.15) is 26.7 Å². The molecule has 2 saturated heterocycles. The Kier molecular flexibility index (Phi) is 6.02. The number of hydrogen-bond donors (Lipinski definition) is 2. The predicted octanol–water partition coefficient (Wildman–Crippen LogP) is 0.0156. The Bertz CT molecular complexity index is 386. The molecule has 2 N–H and O–H groups in total. The fourth-order valence-corrected chi connectivity index (χ4v) is 3.13. The SMILES string of the molecule is CNC(=O)CN1CCC(NC(=O)N2CC(C)OC(C)C2)CC1. The molecule has 0 aromatic rings. The van der Waals surface area contributed by atoms with Gasteiger partial charge in [0.15, 0.2) is 0 Å². The summed E-state index contributed by atoms with van der Waals surface area (Å²) < 4.78 is 5.65. The van der Waals surface area contributed by atoms with E-state index < -0.39 is 0 Å². The number of hydrogen-bond acceptors (Lipinski definition) is 4. The number of carbonyl (C=O) groups excluding carboxylic acids is 2. The summed E-state index contributed by atoms with van der Waals surface area (Å²) in [5.41, 5.74) is 0. The summed E-state index contributed by atoms with van der Waals surface area (Å²) in [6, 6.07) is 0.202. The highest BCUT2D eigenvalue weighted by atomic mass is 16.5. The minimum Gasteiger partial charge on any atom is -0.372 e. The van der Waals surface area contributed by atoms with Gasteiger partial charge in [-0.15, -0.1) is 0 Å².